The molecule has 0 unspecified atom stereocenters. The van der Waals surface area contributed by atoms with Crippen LogP contribution in [0.1, 0.15) is 12.5 Å². The molecule has 0 aliphatic carbocycles. The van der Waals surface area contributed by atoms with Gasteiger partial charge in [-0.1, -0.05) is 36.4 Å². The van der Waals surface area contributed by atoms with Crippen LogP contribution in [0.2, 0.25) is 0 Å². The summed E-state index contributed by atoms with van der Waals surface area (Å²) < 4.78 is 39.6. The first kappa shape index (κ1) is 15.9. The van der Waals surface area contributed by atoms with E-state index in [0.29, 0.717) is 11.6 Å². The van der Waals surface area contributed by atoms with Crippen LogP contribution in [0.15, 0.2) is 59.4 Å². The highest BCUT2D eigenvalue weighted by Gasteiger charge is 2.32. The molecule has 0 saturated carbocycles. The highest BCUT2D eigenvalue weighted by molar-refractivity contribution is 5.60. The van der Waals surface area contributed by atoms with Crippen molar-refractivity contribution in [3.63, 3.8) is 0 Å². The van der Waals surface area contributed by atoms with E-state index in [2.05, 4.69) is 0 Å². The monoisotopic (exact) mass is 309 g/mol. The molecule has 3 nitrogen and oxygen atoms in total. The second-order valence-corrected chi connectivity index (χ2v) is 4.49. The lowest BCUT2D eigenvalue weighted by molar-refractivity contribution is -0.137. The first-order valence-corrected chi connectivity index (χ1v) is 6.57. The summed E-state index contributed by atoms with van der Waals surface area (Å²) in [7, 11) is 0. The van der Waals surface area contributed by atoms with Gasteiger partial charge in [-0.2, -0.15) is 13.2 Å². The van der Waals surface area contributed by atoms with Gasteiger partial charge in [0.2, 0.25) is 0 Å². The van der Waals surface area contributed by atoms with Gasteiger partial charge in [0.15, 0.2) is 0 Å². The molecule has 0 fully saturated rings. The fourth-order valence-electron chi connectivity index (χ4n) is 1.88. The zero-order valence-corrected chi connectivity index (χ0v) is 11.8. The van der Waals surface area contributed by atoms with E-state index in [4.69, 9.17) is 4.84 Å². The molecule has 116 valence electrons. The van der Waals surface area contributed by atoms with Crippen molar-refractivity contribution in [2.24, 2.45) is 0 Å². The zero-order chi connectivity index (χ0) is 16.2. The topological polar surface area (TPSA) is 31.2 Å². The highest BCUT2D eigenvalue weighted by Crippen LogP contribution is 2.30. The molecule has 2 rings (SSSR count). The third-order valence-corrected chi connectivity index (χ3v) is 2.92. The third-order valence-electron chi connectivity index (χ3n) is 2.92. The predicted molar refractivity (Wildman–Crippen MR) is 77.4 cm³/mol. The highest BCUT2D eigenvalue weighted by atomic mass is 19.4. The second-order valence-electron chi connectivity index (χ2n) is 4.49. The number of allylic oxidation sites excluding steroid dienone is 1. The minimum atomic E-state index is -4.59. The molecule has 22 heavy (non-hydrogen) atoms. The van der Waals surface area contributed by atoms with E-state index in [9.17, 15) is 18.0 Å². The van der Waals surface area contributed by atoms with Crippen molar-refractivity contribution < 1.29 is 18.0 Å². The van der Waals surface area contributed by atoms with Gasteiger partial charge in [0.05, 0.1) is 11.3 Å². The average Bonchev–Trinajstić information content (AvgIpc) is 2.48. The fourth-order valence-corrected chi connectivity index (χ4v) is 1.88. The van der Waals surface area contributed by atoms with Crippen molar-refractivity contribution in [2.75, 3.05) is 6.61 Å². The molecule has 0 amide bonds. The van der Waals surface area contributed by atoms with E-state index >= 15 is 0 Å². The molecule has 0 aliphatic rings. The molecule has 0 bridgehead atoms. The Balaban J connectivity index is 2.59. The number of alkyl halides is 3. The summed E-state index contributed by atoms with van der Waals surface area (Å²) in [5.74, 6) is 0. The maximum Gasteiger partial charge on any atom is 0.416 e. The first-order valence-electron chi connectivity index (χ1n) is 6.57. The molecule has 2 aromatic rings. The van der Waals surface area contributed by atoms with Crippen LogP contribution in [0.25, 0.3) is 11.3 Å². The smallest absolute Gasteiger partial charge is 0.406 e. The number of aromatic nitrogens is 1. The Hall–Kier alpha value is -2.50. The van der Waals surface area contributed by atoms with Crippen LogP contribution in [-0.4, -0.2) is 11.3 Å². The number of hydrogen-bond acceptors (Lipinski definition) is 2. The predicted octanol–water partition coefficient (Wildman–Crippen LogP) is 3.54. The van der Waals surface area contributed by atoms with Crippen molar-refractivity contribution in [3.05, 3.63) is 70.5 Å². The van der Waals surface area contributed by atoms with E-state index < -0.39 is 17.3 Å². The summed E-state index contributed by atoms with van der Waals surface area (Å²) >= 11 is 0. The molecule has 1 aromatic heterocycles. The zero-order valence-electron chi connectivity index (χ0n) is 11.8. The SMILES string of the molecule is C/C=C/COn1c(-c2ccccc2)cc(C(F)(F)F)cc1=O. The van der Waals surface area contributed by atoms with Crippen LogP contribution in [0.5, 0.6) is 0 Å². The summed E-state index contributed by atoms with van der Waals surface area (Å²) in [5, 5.41) is 0. The molecule has 0 N–H and O–H groups in total. The molecule has 1 aromatic carbocycles. The van der Waals surface area contributed by atoms with Gasteiger partial charge in [0.25, 0.3) is 5.56 Å². The lowest BCUT2D eigenvalue weighted by Crippen LogP contribution is -2.29. The van der Waals surface area contributed by atoms with Gasteiger partial charge in [0.1, 0.15) is 6.61 Å². The van der Waals surface area contributed by atoms with Crippen LogP contribution in [0, 0.1) is 0 Å². The van der Waals surface area contributed by atoms with Gasteiger partial charge < -0.3 is 4.84 Å². The van der Waals surface area contributed by atoms with Crippen LogP contribution in [-0.2, 0) is 6.18 Å². The summed E-state index contributed by atoms with van der Waals surface area (Å²) in [6.45, 7) is 1.86. The molecular weight excluding hydrogens is 295 g/mol. The third kappa shape index (κ3) is 3.58. The minimum absolute atomic E-state index is 0.0601. The summed E-state index contributed by atoms with van der Waals surface area (Å²) in [6, 6.07) is 9.76. The summed E-state index contributed by atoms with van der Waals surface area (Å²) in [6.07, 6.45) is -1.22. The molecule has 0 saturated heterocycles. The van der Waals surface area contributed by atoms with Gasteiger partial charge in [-0.25, -0.2) is 0 Å². The number of benzene rings is 1. The molecule has 1 heterocycles. The lowest BCUT2D eigenvalue weighted by Gasteiger charge is -2.15. The van der Waals surface area contributed by atoms with E-state index in [1.54, 1.807) is 49.4 Å². The van der Waals surface area contributed by atoms with Crippen LogP contribution in [0.3, 0.4) is 0 Å². The van der Waals surface area contributed by atoms with Crippen molar-refractivity contribution in [3.8, 4) is 11.3 Å². The fraction of sp³-hybridized carbons (Fsp3) is 0.188. The number of pyridine rings is 1. The van der Waals surface area contributed by atoms with Gasteiger partial charge in [0, 0.05) is 11.6 Å². The Kier molecular flexibility index (Phi) is 4.70. The molecule has 0 atom stereocenters. The van der Waals surface area contributed by atoms with Crippen molar-refractivity contribution in [1.29, 1.82) is 0 Å². The van der Waals surface area contributed by atoms with Gasteiger partial charge in [-0.15, -0.1) is 4.73 Å². The normalized spacial score (nSPS) is 11.8. The Morgan fingerprint density at radius 1 is 1.18 bits per heavy atom. The summed E-state index contributed by atoms with van der Waals surface area (Å²) in [5.41, 5.74) is -1.34. The van der Waals surface area contributed by atoms with Crippen LogP contribution in [0.4, 0.5) is 13.2 Å². The molecule has 6 heteroatoms. The van der Waals surface area contributed by atoms with Gasteiger partial charge >= 0.3 is 6.18 Å². The van der Waals surface area contributed by atoms with E-state index in [1.165, 1.54) is 0 Å². The van der Waals surface area contributed by atoms with E-state index in [-0.39, 0.29) is 12.3 Å². The Morgan fingerprint density at radius 2 is 1.86 bits per heavy atom. The van der Waals surface area contributed by atoms with Gasteiger partial charge in [-0.05, 0) is 19.1 Å². The first-order chi connectivity index (χ1) is 10.4. The second kappa shape index (κ2) is 6.51. The largest absolute Gasteiger partial charge is 0.416 e. The average molecular weight is 309 g/mol. The summed E-state index contributed by atoms with van der Waals surface area (Å²) in [4.78, 5) is 17.3. The maximum absolute atomic E-state index is 12.9. The molecule has 0 aliphatic heterocycles. The number of nitrogens with zero attached hydrogens (tertiary/aromatic N) is 1. The molecule has 0 spiro atoms. The Labute approximate surface area is 125 Å². The number of hydrogen-bond donors (Lipinski definition) is 0. The van der Waals surface area contributed by atoms with E-state index in [0.717, 1.165) is 10.8 Å². The molecular formula is C16H14F3NO2. The maximum atomic E-state index is 12.9. The van der Waals surface area contributed by atoms with Crippen LogP contribution >= 0.6 is 0 Å². The standard InChI is InChI=1S/C16H14F3NO2/c1-2-3-9-22-20-14(12-7-5-4-6-8-12)10-13(11-15(20)21)16(17,18)19/h2-8,10-11H,9H2,1H3/b3-2+. The lowest BCUT2D eigenvalue weighted by atomic mass is 10.1. The van der Waals surface area contributed by atoms with Crippen molar-refractivity contribution in [2.45, 2.75) is 13.1 Å². The Morgan fingerprint density at radius 3 is 2.45 bits per heavy atom. The van der Waals surface area contributed by atoms with E-state index in [1.807, 2.05) is 0 Å². The molecule has 0 radical (unpaired) electrons. The quantitative estimate of drug-likeness (QED) is 0.809. The van der Waals surface area contributed by atoms with Crippen LogP contribution < -0.4 is 10.4 Å². The number of halogens is 3. The van der Waals surface area contributed by atoms with Crippen molar-refractivity contribution >= 4 is 0 Å². The van der Waals surface area contributed by atoms with Gasteiger partial charge in [-0.3, -0.25) is 4.79 Å². The van der Waals surface area contributed by atoms with Crippen molar-refractivity contribution in [1.82, 2.24) is 4.73 Å². The number of rotatable bonds is 4. The Bertz CT molecular complexity index is 718. The minimum Gasteiger partial charge on any atom is -0.406 e.